The van der Waals surface area contributed by atoms with Crippen LogP contribution in [0, 0.1) is 12.8 Å². The molecular weight excluding hydrogens is 358 g/mol. The fourth-order valence-electron chi connectivity index (χ4n) is 3.35. The lowest BCUT2D eigenvalue weighted by atomic mass is 9.97. The van der Waals surface area contributed by atoms with E-state index in [9.17, 15) is 4.79 Å². The van der Waals surface area contributed by atoms with E-state index in [-0.39, 0.29) is 23.8 Å². The van der Waals surface area contributed by atoms with Crippen molar-refractivity contribution < 1.29 is 14.1 Å². The van der Waals surface area contributed by atoms with Crippen LogP contribution in [0.15, 0.2) is 47.1 Å². The Kier molecular flexibility index (Phi) is 5.03. The number of ether oxygens (including phenoxy) is 1. The summed E-state index contributed by atoms with van der Waals surface area (Å²) >= 11 is 0. The molecule has 144 valence electrons. The molecule has 1 aliphatic heterocycles. The van der Waals surface area contributed by atoms with Crippen LogP contribution in [0.3, 0.4) is 0 Å². The maximum Gasteiger partial charge on any atom is 0.255 e. The third kappa shape index (κ3) is 3.86. The van der Waals surface area contributed by atoms with Gasteiger partial charge in [-0.2, -0.15) is 0 Å². The van der Waals surface area contributed by atoms with Crippen LogP contribution in [-0.2, 0) is 11.2 Å². The minimum absolute atomic E-state index is 0.103. The van der Waals surface area contributed by atoms with E-state index in [1.54, 1.807) is 0 Å². The first-order valence-electron chi connectivity index (χ1n) is 9.09. The molecule has 2 aromatic heterocycles. The van der Waals surface area contributed by atoms with Crippen LogP contribution in [0.5, 0.6) is 0 Å². The van der Waals surface area contributed by atoms with Gasteiger partial charge in [-0.05, 0) is 6.92 Å². The molecule has 3 aromatic rings. The van der Waals surface area contributed by atoms with Gasteiger partial charge < -0.3 is 20.3 Å². The van der Waals surface area contributed by atoms with Crippen LogP contribution < -0.4 is 11.1 Å². The van der Waals surface area contributed by atoms with E-state index in [2.05, 4.69) is 20.4 Å². The van der Waals surface area contributed by atoms with Gasteiger partial charge in [-0.3, -0.25) is 4.79 Å². The van der Waals surface area contributed by atoms with Crippen LogP contribution in [-0.4, -0.2) is 40.3 Å². The summed E-state index contributed by atoms with van der Waals surface area (Å²) < 4.78 is 10.9. The molecule has 8 nitrogen and oxygen atoms in total. The first-order valence-corrected chi connectivity index (χ1v) is 9.09. The molecule has 0 unspecified atom stereocenters. The maximum atomic E-state index is 13.0. The van der Waals surface area contributed by atoms with Crippen molar-refractivity contribution >= 4 is 11.9 Å². The van der Waals surface area contributed by atoms with Gasteiger partial charge in [0.2, 0.25) is 5.95 Å². The molecule has 1 aliphatic rings. The number of nitrogens with one attached hydrogen (secondary N) is 1. The molecular formula is C20H21N5O3. The lowest BCUT2D eigenvalue weighted by Crippen LogP contribution is -2.41. The highest BCUT2D eigenvalue weighted by Crippen LogP contribution is 2.24. The van der Waals surface area contributed by atoms with Crippen LogP contribution in [0.4, 0.5) is 5.95 Å². The van der Waals surface area contributed by atoms with E-state index < -0.39 is 0 Å². The van der Waals surface area contributed by atoms with Crippen LogP contribution in [0.25, 0.3) is 11.3 Å². The van der Waals surface area contributed by atoms with Crippen molar-refractivity contribution in [1.82, 2.24) is 20.4 Å². The maximum absolute atomic E-state index is 13.0. The molecule has 8 heteroatoms. The normalized spacial score (nSPS) is 18.9. The van der Waals surface area contributed by atoms with Crippen LogP contribution in [0.2, 0.25) is 0 Å². The highest BCUT2D eigenvalue weighted by molar-refractivity contribution is 6.00. The number of nitrogen functional groups attached to an aromatic ring is 1. The monoisotopic (exact) mass is 379 g/mol. The lowest BCUT2D eigenvalue weighted by Gasteiger charge is -2.19. The molecule has 2 atom stereocenters. The van der Waals surface area contributed by atoms with Gasteiger partial charge in [0, 0.05) is 30.2 Å². The molecule has 0 bridgehead atoms. The van der Waals surface area contributed by atoms with Crippen molar-refractivity contribution in [2.24, 2.45) is 5.92 Å². The number of aryl methyl sites for hydroxylation is 1. The fourth-order valence-corrected chi connectivity index (χ4v) is 3.35. The summed E-state index contributed by atoms with van der Waals surface area (Å²) in [5.41, 5.74) is 8.27. The topological polar surface area (TPSA) is 116 Å². The third-order valence-corrected chi connectivity index (χ3v) is 4.75. The Morgan fingerprint density at radius 1 is 1.29 bits per heavy atom. The van der Waals surface area contributed by atoms with Gasteiger partial charge in [-0.15, -0.1) is 0 Å². The summed E-state index contributed by atoms with van der Waals surface area (Å²) in [7, 11) is 0. The predicted molar refractivity (Wildman–Crippen MR) is 102 cm³/mol. The number of carbonyl (C=O) groups excluding carboxylic acids is 1. The third-order valence-electron chi connectivity index (χ3n) is 4.75. The molecule has 4 rings (SSSR count). The van der Waals surface area contributed by atoms with Gasteiger partial charge >= 0.3 is 0 Å². The van der Waals surface area contributed by atoms with Gasteiger partial charge in [0.25, 0.3) is 5.91 Å². The zero-order valence-corrected chi connectivity index (χ0v) is 15.5. The molecule has 3 heterocycles. The molecule has 3 N–H and O–H groups in total. The highest BCUT2D eigenvalue weighted by atomic mass is 16.5. The quantitative estimate of drug-likeness (QED) is 0.696. The molecule has 0 radical (unpaired) electrons. The van der Waals surface area contributed by atoms with E-state index in [1.165, 1.54) is 6.20 Å². The second-order valence-electron chi connectivity index (χ2n) is 6.87. The Labute approximate surface area is 162 Å². The Hall–Kier alpha value is -3.26. The van der Waals surface area contributed by atoms with Crippen molar-refractivity contribution in [3.8, 4) is 11.3 Å². The summed E-state index contributed by atoms with van der Waals surface area (Å²) in [5, 5.41) is 6.97. The Balaban J connectivity index is 1.53. The average Bonchev–Trinajstić information content (AvgIpc) is 3.31. The first-order chi connectivity index (χ1) is 13.6. The van der Waals surface area contributed by atoms with E-state index in [4.69, 9.17) is 15.0 Å². The minimum atomic E-state index is -0.256. The number of carbonyl (C=O) groups is 1. The fraction of sp³-hybridized carbons (Fsp3) is 0.300. The molecule has 0 spiro atoms. The summed E-state index contributed by atoms with van der Waals surface area (Å²) in [6.07, 6.45) is 2.11. The number of nitrogens with zero attached hydrogens (tertiary/aromatic N) is 3. The average molecular weight is 379 g/mol. The van der Waals surface area contributed by atoms with Crippen molar-refractivity contribution in [2.45, 2.75) is 19.4 Å². The number of nitrogens with two attached hydrogens (primary N) is 1. The smallest absolute Gasteiger partial charge is 0.255 e. The largest absolute Gasteiger partial charge is 0.379 e. The number of hydrogen-bond acceptors (Lipinski definition) is 7. The van der Waals surface area contributed by atoms with Crippen LogP contribution >= 0.6 is 0 Å². The predicted octanol–water partition coefficient (Wildman–Crippen LogP) is 2.01. The van der Waals surface area contributed by atoms with E-state index in [0.29, 0.717) is 30.9 Å². The second kappa shape index (κ2) is 7.77. The zero-order valence-electron chi connectivity index (χ0n) is 15.5. The Morgan fingerprint density at radius 3 is 2.86 bits per heavy atom. The molecule has 1 aromatic carbocycles. The molecule has 1 fully saturated rings. The van der Waals surface area contributed by atoms with E-state index in [1.807, 2.05) is 43.3 Å². The number of amides is 1. The zero-order chi connectivity index (χ0) is 19.5. The highest BCUT2D eigenvalue weighted by Gasteiger charge is 2.31. The summed E-state index contributed by atoms with van der Waals surface area (Å²) in [6.45, 7) is 2.87. The Morgan fingerprint density at radius 2 is 2.11 bits per heavy atom. The number of anilines is 1. The number of hydrogen-bond donors (Lipinski definition) is 2. The first kappa shape index (κ1) is 18.1. The standard InChI is InChI=1S/C20H21N5O3/c1-12-7-15(28-25-12)8-14-10-27-11-17(14)23-19(26)16-9-22-20(21)24-18(16)13-5-3-2-4-6-13/h2-7,9,14,17H,8,10-11H2,1H3,(H,23,26)(H2,21,22,24)/t14-,17+/m1/s1. The van der Waals surface area contributed by atoms with Gasteiger partial charge in [0.15, 0.2) is 0 Å². The number of aromatic nitrogens is 3. The SMILES string of the molecule is Cc1cc(C[C@@H]2COC[C@@H]2NC(=O)c2cnc(N)nc2-c2ccccc2)on1. The van der Waals surface area contributed by atoms with Gasteiger partial charge in [0.1, 0.15) is 5.76 Å². The van der Waals surface area contributed by atoms with E-state index in [0.717, 1.165) is 17.0 Å². The Bertz CT molecular complexity index is 973. The summed E-state index contributed by atoms with van der Waals surface area (Å²) in [5.74, 6) is 0.755. The van der Waals surface area contributed by atoms with Gasteiger partial charge in [-0.25, -0.2) is 9.97 Å². The molecule has 28 heavy (non-hydrogen) atoms. The second-order valence-corrected chi connectivity index (χ2v) is 6.87. The van der Waals surface area contributed by atoms with E-state index >= 15 is 0 Å². The van der Waals surface area contributed by atoms with Gasteiger partial charge in [0.05, 0.1) is 36.2 Å². The molecule has 1 amide bonds. The molecule has 0 aliphatic carbocycles. The number of benzene rings is 1. The van der Waals surface area contributed by atoms with Crippen molar-refractivity contribution in [3.63, 3.8) is 0 Å². The van der Waals surface area contributed by atoms with Gasteiger partial charge in [-0.1, -0.05) is 35.5 Å². The van der Waals surface area contributed by atoms with Crippen LogP contribution in [0.1, 0.15) is 21.8 Å². The van der Waals surface area contributed by atoms with Crippen molar-refractivity contribution in [1.29, 1.82) is 0 Å². The van der Waals surface area contributed by atoms with Crippen molar-refractivity contribution in [2.75, 3.05) is 18.9 Å². The lowest BCUT2D eigenvalue weighted by molar-refractivity contribution is 0.0924. The summed E-state index contributed by atoms with van der Waals surface area (Å²) in [4.78, 5) is 21.3. The van der Waals surface area contributed by atoms with Crippen molar-refractivity contribution in [3.05, 3.63) is 59.6 Å². The summed E-state index contributed by atoms with van der Waals surface area (Å²) in [6, 6.07) is 11.2. The molecule has 0 saturated carbocycles. The molecule has 1 saturated heterocycles. The number of rotatable bonds is 5. The minimum Gasteiger partial charge on any atom is -0.379 e.